The maximum Gasteiger partial charge on any atom is 0.322 e. The number of urea groups is 1. The molecule has 3 aromatic rings. The Morgan fingerprint density at radius 1 is 1.00 bits per heavy atom. The van der Waals surface area contributed by atoms with Gasteiger partial charge in [-0.3, -0.25) is 0 Å². The van der Waals surface area contributed by atoms with Gasteiger partial charge in [0.25, 0.3) is 0 Å². The van der Waals surface area contributed by atoms with Gasteiger partial charge in [0.15, 0.2) is 5.75 Å². The molecule has 0 saturated heterocycles. The van der Waals surface area contributed by atoms with E-state index in [2.05, 4.69) is 5.32 Å². The monoisotopic (exact) mass is 609 g/mol. The smallest absolute Gasteiger partial charge is 0.322 e. The summed E-state index contributed by atoms with van der Waals surface area (Å²) in [5, 5.41) is 4.55. The van der Waals surface area contributed by atoms with Gasteiger partial charge in [0.2, 0.25) is 10.0 Å². The number of nitrogens with one attached hydrogen (secondary N) is 1. The van der Waals surface area contributed by atoms with Crippen LogP contribution in [0.15, 0.2) is 59.5 Å². The van der Waals surface area contributed by atoms with Crippen LogP contribution in [-0.2, 0) is 16.4 Å². The molecule has 1 unspecified atom stereocenters. The summed E-state index contributed by atoms with van der Waals surface area (Å²) in [5.41, 5.74) is 2.12. The molecule has 3 aromatic carbocycles. The Kier molecular flexibility index (Phi) is 9.34. The molecule has 7 nitrogen and oxygen atoms in total. The molecule has 0 fully saturated rings. The molecule has 1 aliphatic heterocycles. The number of hydrogen-bond acceptors (Lipinski definition) is 4. The molecule has 0 aliphatic carbocycles. The van der Waals surface area contributed by atoms with Crippen LogP contribution >= 0.6 is 34.8 Å². The van der Waals surface area contributed by atoms with Crippen molar-refractivity contribution in [2.24, 2.45) is 0 Å². The quantitative estimate of drug-likeness (QED) is 0.280. The van der Waals surface area contributed by atoms with Gasteiger partial charge in [-0.15, -0.1) is 0 Å². The Hall–Kier alpha value is -2.49. The predicted molar refractivity (Wildman–Crippen MR) is 157 cm³/mol. The highest BCUT2D eigenvalue weighted by molar-refractivity contribution is 7.89. The molecule has 11 heteroatoms. The molecular formula is C28H30Cl3N3O4S. The second kappa shape index (κ2) is 12.4. The molecule has 1 aliphatic rings. The lowest BCUT2D eigenvalue weighted by Gasteiger charge is -2.37. The van der Waals surface area contributed by atoms with Crippen molar-refractivity contribution >= 4 is 56.5 Å². The average molecular weight is 611 g/mol. The summed E-state index contributed by atoms with van der Waals surface area (Å²) in [6.45, 7) is 6.61. The highest BCUT2D eigenvalue weighted by Crippen LogP contribution is 2.39. The summed E-state index contributed by atoms with van der Waals surface area (Å²) < 4.78 is 33.9. The summed E-state index contributed by atoms with van der Waals surface area (Å²) in [6, 6.07) is 14.1. The topological polar surface area (TPSA) is 79.0 Å². The van der Waals surface area contributed by atoms with Crippen molar-refractivity contribution in [3.05, 3.63) is 80.8 Å². The number of amides is 2. The van der Waals surface area contributed by atoms with Crippen molar-refractivity contribution < 1.29 is 17.9 Å². The fourth-order valence-electron chi connectivity index (χ4n) is 4.81. The zero-order valence-corrected chi connectivity index (χ0v) is 25.0. The second-order valence-electron chi connectivity index (χ2n) is 9.06. The van der Waals surface area contributed by atoms with Crippen molar-refractivity contribution in [1.29, 1.82) is 0 Å². The van der Waals surface area contributed by atoms with Crippen LogP contribution in [0.4, 0.5) is 10.5 Å². The zero-order chi connectivity index (χ0) is 28.3. The van der Waals surface area contributed by atoms with Gasteiger partial charge in [0, 0.05) is 34.7 Å². The summed E-state index contributed by atoms with van der Waals surface area (Å²) in [6.07, 6.45) is 1.21. The van der Waals surface area contributed by atoms with Crippen LogP contribution in [-0.4, -0.2) is 43.3 Å². The van der Waals surface area contributed by atoms with Crippen molar-refractivity contribution in [1.82, 2.24) is 9.21 Å². The van der Waals surface area contributed by atoms with Gasteiger partial charge in [-0.05, 0) is 78.6 Å². The molecule has 1 atom stereocenters. The number of fused-ring (bicyclic) bond motifs is 1. The third-order valence-corrected chi connectivity index (χ3v) is 9.61. The highest BCUT2D eigenvalue weighted by atomic mass is 35.5. The molecular weight excluding hydrogens is 581 g/mol. The molecule has 208 valence electrons. The first-order chi connectivity index (χ1) is 18.6. The summed E-state index contributed by atoms with van der Waals surface area (Å²) in [5.74, 6) is 0.776. The molecule has 39 heavy (non-hydrogen) atoms. The van der Waals surface area contributed by atoms with E-state index < -0.39 is 10.0 Å². The number of ether oxygens (including phenoxy) is 1. The van der Waals surface area contributed by atoms with Gasteiger partial charge in [-0.2, -0.15) is 4.31 Å². The van der Waals surface area contributed by atoms with Crippen molar-refractivity contribution in [3.8, 4) is 11.5 Å². The van der Waals surface area contributed by atoms with E-state index in [1.54, 1.807) is 55.1 Å². The number of nitrogens with zero attached hydrogens (tertiary/aromatic N) is 2. The van der Waals surface area contributed by atoms with E-state index in [0.29, 0.717) is 59.0 Å². The number of benzene rings is 3. The fraction of sp³-hybridized carbons (Fsp3) is 0.321. The SMILES string of the molecule is CCC1c2cc(Cl)cc(Cl)c2CCN1C(=O)Nc1cc(S(=O)(=O)N(CC)CC)ccc1Oc1ccc(Cl)cc1. The molecule has 0 aromatic heterocycles. The summed E-state index contributed by atoms with van der Waals surface area (Å²) >= 11 is 18.7. The van der Waals surface area contributed by atoms with Gasteiger partial charge in [-0.25, -0.2) is 13.2 Å². The van der Waals surface area contributed by atoms with E-state index >= 15 is 0 Å². The lowest BCUT2D eigenvalue weighted by atomic mass is 9.91. The highest BCUT2D eigenvalue weighted by Gasteiger charge is 2.32. The molecule has 1 N–H and O–H groups in total. The molecule has 0 bridgehead atoms. The molecule has 1 heterocycles. The largest absolute Gasteiger partial charge is 0.455 e. The van der Waals surface area contributed by atoms with Crippen LogP contribution in [0, 0.1) is 0 Å². The number of halogens is 3. The number of anilines is 1. The Morgan fingerprint density at radius 3 is 2.33 bits per heavy atom. The Labute approximate surface area is 244 Å². The van der Waals surface area contributed by atoms with E-state index in [1.165, 1.54) is 16.4 Å². The molecule has 0 spiro atoms. The number of carbonyl (C=O) groups is 1. The van der Waals surface area contributed by atoms with Gasteiger partial charge in [0.05, 0.1) is 16.6 Å². The first-order valence-electron chi connectivity index (χ1n) is 12.7. The van der Waals surface area contributed by atoms with Gasteiger partial charge < -0.3 is 15.0 Å². The normalized spacial score (nSPS) is 15.3. The number of rotatable bonds is 8. The van der Waals surface area contributed by atoms with E-state index in [1.807, 2.05) is 13.0 Å². The zero-order valence-electron chi connectivity index (χ0n) is 21.9. The molecule has 4 rings (SSSR count). The van der Waals surface area contributed by atoms with Crippen LogP contribution in [0.3, 0.4) is 0 Å². The van der Waals surface area contributed by atoms with Crippen LogP contribution < -0.4 is 10.1 Å². The number of carbonyl (C=O) groups excluding carboxylic acids is 1. The van der Waals surface area contributed by atoms with E-state index in [9.17, 15) is 13.2 Å². The maximum absolute atomic E-state index is 13.7. The van der Waals surface area contributed by atoms with Gasteiger partial charge >= 0.3 is 6.03 Å². The van der Waals surface area contributed by atoms with Crippen molar-refractivity contribution in [3.63, 3.8) is 0 Å². The van der Waals surface area contributed by atoms with Crippen LogP contribution in [0.2, 0.25) is 15.1 Å². The summed E-state index contributed by atoms with van der Waals surface area (Å²) in [7, 11) is -3.78. The minimum absolute atomic E-state index is 0.0551. The van der Waals surface area contributed by atoms with Crippen LogP contribution in [0.25, 0.3) is 0 Å². The molecule has 0 saturated carbocycles. The lowest BCUT2D eigenvalue weighted by molar-refractivity contribution is 0.180. The summed E-state index contributed by atoms with van der Waals surface area (Å²) in [4.78, 5) is 15.5. The number of hydrogen-bond donors (Lipinski definition) is 1. The van der Waals surface area contributed by atoms with Gasteiger partial charge in [-0.1, -0.05) is 55.6 Å². The third-order valence-electron chi connectivity index (χ3n) is 6.76. The van der Waals surface area contributed by atoms with E-state index in [-0.39, 0.29) is 22.7 Å². The Morgan fingerprint density at radius 2 is 1.69 bits per heavy atom. The van der Waals surface area contributed by atoms with E-state index in [0.717, 1.165) is 11.1 Å². The Bertz CT molecular complexity index is 1460. The average Bonchev–Trinajstić information content (AvgIpc) is 2.90. The first-order valence-corrected chi connectivity index (χ1v) is 15.3. The minimum Gasteiger partial charge on any atom is -0.455 e. The third kappa shape index (κ3) is 6.31. The van der Waals surface area contributed by atoms with E-state index in [4.69, 9.17) is 39.5 Å². The standard InChI is InChI=1S/C28H30Cl3N3O4S/c1-4-26-23-15-19(30)16-24(31)22(23)13-14-34(26)28(35)32-25-17-21(39(36,37)33(5-2)6-3)11-12-27(25)38-20-9-7-18(29)8-10-20/h7-12,15-17,26H,4-6,13-14H2,1-3H3,(H,32,35). The maximum atomic E-state index is 13.7. The first kappa shape index (κ1) is 29.5. The van der Waals surface area contributed by atoms with Gasteiger partial charge in [0.1, 0.15) is 5.75 Å². The fourth-order valence-corrected chi connectivity index (χ4v) is 7.02. The van der Waals surface area contributed by atoms with Crippen LogP contribution in [0.1, 0.15) is 44.4 Å². The molecule has 2 amide bonds. The number of sulfonamides is 1. The predicted octanol–water partition coefficient (Wildman–Crippen LogP) is 8.01. The second-order valence-corrected chi connectivity index (χ2v) is 12.3. The van der Waals surface area contributed by atoms with Crippen molar-refractivity contribution in [2.75, 3.05) is 25.0 Å². The van der Waals surface area contributed by atoms with Crippen LogP contribution in [0.5, 0.6) is 11.5 Å². The lowest BCUT2D eigenvalue weighted by Crippen LogP contribution is -2.42. The minimum atomic E-state index is -3.78. The molecule has 0 radical (unpaired) electrons. The van der Waals surface area contributed by atoms with Crippen molar-refractivity contribution in [2.45, 2.75) is 44.6 Å². The Balaban J connectivity index is 1.71.